The molecular weight excluding hydrogens is 232 g/mol. The number of anilines is 1. The highest BCUT2D eigenvalue weighted by molar-refractivity contribution is 5.92. The van der Waals surface area contributed by atoms with Gasteiger partial charge in [0.05, 0.1) is 12.2 Å². The van der Waals surface area contributed by atoms with Crippen LogP contribution in [0.2, 0.25) is 0 Å². The Kier molecular flexibility index (Phi) is 3.82. The van der Waals surface area contributed by atoms with Gasteiger partial charge in [-0.3, -0.25) is 0 Å². The van der Waals surface area contributed by atoms with Crippen LogP contribution in [0.3, 0.4) is 0 Å². The van der Waals surface area contributed by atoms with Crippen molar-refractivity contribution in [2.24, 2.45) is 0 Å². The van der Waals surface area contributed by atoms with Gasteiger partial charge in [0.15, 0.2) is 0 Å². The van der Waals surface area contributed by atoms with Crippen molar-refractivity contribution >= 4 is 17.7 Å². The van der Waals surface area contributed by atoms with E-state index in [4.69, 9.17) is 4.74 Å². The van der Waals surface area contributed by atoms with Gasteiger partial charge in [-0.15, -0.1) is 0 Å². The van der Waals surface area contributed by atoms with Gasteiger partial charge >= 0.3 is 12.0 Å². The maximum Gasteiger partial charge on any atom is 0.338 e. The van der Waals surface area contributed by atoms with E-state index in [0.717, 1.165) is 12.8 Å². The third-order valence-corrected chi connectivity index (χ3v) is 2.57. The van der Waals surface area contributed by atoms with Gasteiger partial charge < -0.3 is 15.4 Å². The Hall–Kier alpha value is -2.04. The molecule has 0 radical (unpaired) electrons. The first-order valence-corrected chi connectivity index (χ1v) is 6.03. The molecule has 18 heavy (non-hydrogen) atoms. The number of hydrogen-bond donors (Lipinski definition) is 2. The molecule has 0 saturated heterocycles. The Labute approximate surface area is 106 Å². The fourth-order valence-electron chi connectivity index (χ4n) is 1.48. The molecule has 2 N–H and O–H groups in total. The highest BCUT2D eigenvalue weighted by atomic mass is 16.5. The fraction of sp³-hybridized carbons (Fsp3) is 0.385. The van der Waals surface area contributed by atoms with Crippen molar-refractivity contribution in [3.63, 3.8) is 0 Å². The lowest BCUT2D eigenvalue weighted by Crippen LogP contribution is -2.30. The number of benzene rings is 1. The normalized spacial score (nSPS) is 13.8. The third kappa shape index (κ3) is 3.48. The summed E-state index contributed by atoms with van der Waals surface area (Å²) in [6.45, 7) is 2.11. The Morgan fingerprint density at radius 1 is 1.28 bits per heavy atom. The molecular formula is C13H16N2O3. The molecule has 0 unspecified atom stereocenters. The first kappa shape index (κ1) is 12.4. The second kappa shape index (κ2) is 5.53. The number of rotatable bonds is 4. The van der Waals surface area contributed by atoms with Crippen LogP contribution in [-0.2, 0) is 4.74 Å². The maximum absolute atomic E-state index is 11.5. The fourth-order valence-corrected chi connectivity index (χ4v) is 1.48. The predicted molar refractivity (Wildman–Crippen MR) is 67.6 cm³/mol. The largest absolute Gasteiger partial charge is 0.462 e. The molecule has 5 nitrogen and oxygen atoms in total. The van der Waals surface area contributed by atoms with Crippen LogP contribution in [0, 0.1) is 0 Å². The minimum absolute atomic E-state index is 0.207. The molecule has 1 fully saturated rings. The van der Waals surface area contributed by atoms with Crippen LogP contribution in [0.25, 0.3) is 0 Å². The predicted octanol–water partition coefficient (Wildman–Crippen LogP) is 2.15. The van der Waals surface area contributed by atoms with E-state index in [1.807, 2.05) is 0 Å². The summed E-state index contributed by atoms with van der Waals surface area (Å²) in [6.07, 6.45) is 2.10. The topological polar surface area (TPSA) is 67.4 Å². The molecule has 0 aliphatic heterocycles. The molecule has 0 heterocycles. The number of ether oxygens (including phenoxy) is 1. The minimum Gasteiger partial charge on any atom is -0.462 e. The first-order chi connectivity index (χ1) is 8.69. The lowest BCUT2D eigenvalue weighted by molar-refractivity contribution is 0.0526. The van der Waals surface area contributed by atoms with Gasteiger partial charge in [0.2, 0.25) is 0 Å². The van der Waals surface area contributed by atoms with E-state index in [2.05, 4.69) is 10.6 Å². The van der Waals surface area contributed by atoms with E-state index in [0.29, 0.717) is 23.9 Å². The van der Waals surface area contributed by atoms with Crippen LogP contribution in [0.1, 0.15) is 30.1 Å². The lowest BCUT2D eigenvalue weighted by atomic mass is 10.2. The molecule has 2 rings (SSSR count). The summed E-state index contributed by atoms with van der Waals surface area (Å²) >= 11 is 0. The molecule has 1 aliphatic rings. The third-order valence-electron chi connectivity index (χ3n) is 2.57. The molecule has 0 spiro atoms. The van der Waals surface area contributed by atoms with E-state index < -0.39 is 0 Å². The number of carbonyl (C=O) groups excluding carboxylic acids is 2. The quantitative estimate of drug-likeness (QED) is 0.802. The van der Waals surface area contributed by atoms with Gasteiger partial charge in [-0.25, -0.2) is 9.59 Å². The minimum atomic E-state index is -0.355. The summed E-state index contributed by atoms with van der Waals surface area (Å²) in [4.78, 5) is 22.9. The van der Waals surface area contributed by atoms with E-state index in [1.165, 1.54) is 0 Å². The second-order valence-corrected chi connectivity index (χ2v) is 4.17. The van der Waals surface area contributed by atoms with Gasteiger partial charge in [-0.1, -0.05) is 0 Å². The number of amides is 2. The summed E-state index contributed by atoms with van der Waals surface area (Å²) in [5.41, 5.74) is 1.13. The molecule has 1 aromatic rings. The lowest BCUT2D eigenvalue weighted by Gasteiger charge is -2.07. The van der Waals surface area contributed by atoms with Crippen LogP contribution in [0.5, 0.6) is 0 Å². The van der Waals surface area contributed by atoms with Gasteiger partial charge in [-0.2, -0.15) is 0 Å². The van der Waals surface area contributed by atoms with Crippen molar-refractivity contribution < 1.29 is 14.3 Å². The Bertz CT molecular complexity index is 438. The molecule has 1 aromatic carbocycles. The molecule has 2 amide bonds. The number of nitrogens with one attached hydrogen (secondary N) is 2. The highest BCUT2D eigenvalue weighted by Crippen LogP contribution is 2.19. The van der Waals surface area contributed by atoms with Crippen LogP contribution >= 0.6 is 0 Å². The molecule has 96 valence electrons. The summed E-state index contributed by atoms with van der Waals surface area (Å²) in [5.74, 6) is -0.355. The van der Waals surface area contributed by atoms with Crippen molar-refractivity contribution in [2.75, 3.05) is 11.9 Å². The zero-order valence-corrected chi connectivity index (χ0v) is 10.2. The molecule has 1 saturated carbocycles. The Balaban J connectivity index is 1.90. The second-order valence-electron chi connectivity index (χ2n) is 4.17. The van der Waals surface area contributed by atoms with Crippen molar-refractivity contribution in [2.45, 2.75) is 25.8 Å². The zero-order valence-electron chi connectivity index (χ0n) is 10.2. The number of hydrogen-bond acceptors (Lipinski definition) is 3. The van der Waals surface area contributed by atoms with E-state index in [1.54, 1.807) is 31.2 Å². The van der Waals surface area contributed by atoms with Crippen molar-refractivity contribution in [1.82, 2.24) is 5.32 Å². The Morgan fingerprint density at radius 3 is 2.50 bits per heavy atom. The van der Waals surface area contributed by atoms with Crippen LogP contribution in [0.15, 0.2) is 24.3 Å². The van der Waals surface area contributed by atoms with E-state index in [9.17, 15) is 9.59 Å². The zero-order chi connectivity index (χ0) is 13.0. The average Bonchev–Trinajstić information content (AvgIpc) is 3.14. The first-order valence-electron chi connectivity index (χ1n) is 6.03. The number of esters is 1. The van der Waals surface area contributed by atoms with Crippen molar-refractivity contribution in [3.8, 4) is 0 Å². The standard InChI is InChI=1S/C13H16N2O3/c1-2-18-12(16)9-3-5-10(6-4-9)14-13(17)15-11-7-8-11/h3-6,11H,2,7-8H2,1H3,(H2,14,15,17). The van der Waals surface area contributed by atoms with Gasteiger partial charge in [0.1, 0.15) is 0 Å². The molecule has 1 aliphatic carbocycles. The van der Waals surface area contributed by atoms with Gasteiger partial charge in [0.25, 0.3) is 0 Å². The molecule has 0 aromatic heterocycles. The Morgan fingerprint density at radius 2 is 1.94 bits per heavy atom. The van der Waals surface area contributed by atoms with Crippen LogP contribution in [-0.4, -0.2) is 24.6 Å². The van der Waals surface area contributed by atoms with Crippen LogP contribution < -0.4 is 10.6 Å². The smallest absolute Gasteiger partial charge is 0.338 e. The summed E-state index contributed by atoms with van der Waals surface area (Å²) in [6, 6.07) is 6.73. The maximum atomic E-state index is 11.5. The van der Waals surface area contributed by atoms with E-state index >= 15 is 0 Å². The monoisotopic (exact) mass is 248 g/mol. The molecule has 0 bridgehead atoms. The van der Waals surface area contributed by atoms with E-state index in [-0.39, 0.29) is 12.0 Å². The number of urea groups is 1. The number of carbonyl (C=O) groups is 2. The van der Waals surface area contributed by atoms with Crippen molar-refractivity contribution in [3.05, 3.63) is 29.8 Å². The molecule has 0 atom stereocenters. The SMILES string of the molecule is CCOC(=O)c1ccc(NC(=O)NC2CC2)cc1. The summed E-state index contributed by atoms with van der Waals surface area (Å²) < 4.78 is 4.87. The molecule has 5 heteroatoms. The average molecular weight is 248 g/mol. The van der Waals surface area contributed by atoms with Gasteiger partial charge in [0, 0.05) is 11.7 Å². The van der Waals surface area contributed by atoms with Gasteiger partial charge in [-0.05, 0) is 44.0 Å². The highest BCUT2D eigenvalue weighted by Gasteiger charge is 2.23. The van der Waals surface area contributed by atoms with Crippen LogP contribution in [0.4, 0.5) is 10.5 Å². The summed E-state index contributed by atoms with van der Waals surface area (Å²) in [5, 5.41) is 5.53. The summed E-state index contributed by atoms with van der Waals surface area (Å²) in [7, 11) is 0. The van der Waals surface area contributed by atoms with Crippen molar-refractivity contribution in [1.29, 1.82) is 0 Å².